The first kappa shape index (κ1) is 81.3. The highest BCUT2D eigenvalue weighted by Crippen LogP contribution is 2.19. The Kier molecular flexibility index (Phi) is 71.4. The maximum atomic E-state index is 12.5. The molecule has 0 fully saturated rings. The normalized spacial score (nSPS) is 12.6. The van der Waals surface area contributed by atoms with Crippen LogP contribution in [-0.4, -0.2) is 47.4 Å². The summed E-state index contributed by atoms with van der Waals surface area (Å²) in [4.78, 5) is 24.6. The molecular weight excluding hydrogens is 1020 g/mol. The van der Waals surface area contributed by atoms with E-state index in [1.807, 2.05) is 6.08 Å². The van der Waals surface area contributed by atoms with E-state index in [9.17, 15) is 19.8 Å². The minimum atomic E-state index is -0.847. The molecule has 492 valence electrons. The number of nitrogens with one attached hydrogen (secondary N) is 1. The molecule has 0 aliphatic heterocycles. The Morgan fingerprint density at radius 3 is 0.855 bits per heavy atom. The number of esters is 1. The van der Waals surface area contributed by atoms with Crippen molar-refractivity contribution in [3.05, 3.63) is 24.3 Å². The molecule has 0 bridgehead atoms. The number of unbranched alkanes of at least 4 members (excludes halogenated alkanes) is 59. The summed E-state index contributed by atoms with van der Waals surface area (Å²) in [6, 6.07) is -0.631. The predicted octanol–water partition coefficient (Wildman–Crippen LogP) is 24.9. The van der Waals surface area contributed by atoms with E-state index in [0.29, 0.717) is 19.4 Å². The summed E-state index contributed by atoms with van der Waals surface area (Å²) < 4.78 is 5.51. The van der Waals surface area contributed by atoms with Crippen molar-refractivity contribution < 1.29 is 24.5 Å². The van der Waals surface area contributed by atoms with Gasteiger partial charge in [-0.05, 0) is 57.8 Å². The number of amides is 1. The van der Waals surface area contributed by atoms with Crippen molar-refractivity contribution in [2.24, 2.45) is 0 Å². The molecule has 6 nitrogen and oxygen atoms in total. The van der Waals surface area contributed by atoms with Gasteiger partial charge in [-0.25, -0.2) is 0 Å². The average Bonchev–Trinajstić information content (AvgIpc) is 3.49. The van der Waals surface area contributed by atoms with Gasteiger partial charge in [-0.2, -0.15) is 0 Å². The molecule has 0 rings (SSSR count). The minimum Gasteiger partial charge on any atom is -0.466 e. The standard InChI is InChI=1S/C77H149NO5/c1-3-5-7-9-11-13-15-17-19-21-22-23-28-31-34-38-41-45-49-53-57-61-65-69-75(80)74(73-79)78-76(81)70-66-62-58-54-50-46-42-39-35-32-29-26-24-25-27-30-33-36-40-44-48-52-56-60-64-68-72-83-77(82)71-67-63-59-55-51-47-43-37-20-18-16-14-12-10-8-6-4-2/h24,26,65,69,74-75,79-80H,3-23,25,27-64,66-68,70-73H2,1-2H3,(H,78,81)/b26-24-,69-65+. The van der Waals surface area contributed by atoms with E-state index < -0.39 is 12.1 Å². The largest absolute Gasteiger partial charge is 0.466 e. The van der Waals surface area contributed by atoms with E-state index in [1.165, 1.54) is 366 Å². The lowest BCUT2D eigenvalue weighted by Gasteiger charge is -2.20. The van der Waals surface area contributed by atoms with Crippen LogP contribution in [0.5, 0.6) is 0 Å². The van der Waals surface area contributed by atoms with E-state index >= 15 is 0 Å². The predicted molar refractivity (Wildman–Crippen MR) is 366 cm³/mol. The molecular formula is C77H149NO5. The summed E-state index contributed by atoms with van der Waals surface area (Å²) in [5.41, 5.74) is 0. The quantitative estimate of drug-likeness (QED) is 0.0320. The number of carbonyl (C=O) groups is 2. The van der Waals surface area contributed by atoms with Crippen LogP contribution in [0.1, 0.15) is 431 Å². The average molecular weight is 1170 g/mol. The SMILES string of the molecule is CCCCCCCCCCCCCCCCCCCCCCC/C=C/C(O)C(CO)NC(=O)CCCCCCCCCCCC/C=C\CCCCCCCCCCCCCCOC(=O)CCCCCCCCCCCCCCCCCCC. The zero-order valence-corrected chi connectivity index (χ0v) is 56.5. The molecule has 3 N–H and O–H groups in total. The molecule has 0 radical (unpaired) electrons. The highest BCUT2D eigenvalue weighted by Gasteiger charge is 2.18. The Bertz CT molecular complexity index is 1300. The van der Waals surface area contributed by atoms with Crippen molar-refractivity contribution in [3.8, 4) is 0 Å². The van der Waals surface area contributed by atoms with Gasteiger partial charge in [-0.1, -0.05) is 385 Å². The lowest BCUT2D eigenvalue weighted by atomic mass is 10.0. The van der Waals surface area contributed by atoms with Gasteiger partial charge in [0.15, 0.2) is 0 Å². The summed E-state index contributed by atoms with van der Waals surface area (Å²) in [6.07, 6.45) is 92.8. The second-order valence-corrected chi connectivity index (χ2v) is 26.3. The monoisotopic (exact) mass is 1170 g/mol. The van der Waals surface area contributed by atoms with Crippen LogP contribution in [0, 0.1) is 0 Å². The van der Waals surface area contributed by atoms with Gasteiger partial charge < -0.3 is 20.3 Å². The third-order valence-electron chi connectivity index (χ3n) is 18.0. The van der Waals surface area contributed by atoms with E-state index in [1.54, 1.807) is 6.08 Å². The topological polar surface area (TPSA) is 95.9 Å². The smallest absolute Gasteiger partial charge is 0.305 e. The van der Waals surface area contributed by atoms with E-state index in [0.717, 1.165) is 38.5 Å². The Morgan fingerprint density at radius 2 is 0.566 bits per heavy atom. The first-order valence-electron chi connectivity index (χ1n) is 38.1. The maximum absolute atomic E-state index is 12.5. The van der Waals surface area contributed by atoms with E-state index in [-0.39, 0.29) is 18.5 Å². The number of hydrogen-bond acceptors (Lipinski definition) is 5. The van der Waals surface area contributed by atoms with Gasteiger partial charge in [0.1, 0.15) is 0 Å². The third kappa shape index (κ3) is 69.3. The fraction of sp³-hybridized carbons (Fsp3) is 0.922. The van der Waals surface area contributed by atoms with Crippen LogP contribution < -0.4 is 5.32 Å². The molecule has 6 heteroatoms. The third-order valence-corrected chi connectivity index (χ3v) is 18.0. The summed E-state index contributed by atoms with van der Waals surface area (Å²) in [5.74, 6) is -0.0461. The second kappa shape index (κ2) is 72.8. The first-order chi connectivity index (χ1) is 41.0. The highest BCUT2D eigenvalue weighted by molar-refractivity contribution is 5.76. The van der Waals surface area contributed by atoms with Crippen molar-refractivity contribution in [1.29, 1.82) is 0 Å². The molecule has 1 amide bonds. The fourth-order valence-corrected chi connectivity index (χ4v) is 12.2. The van der Waals surface area contributed by atoms with Crippen molar-refractivity contribution >= 4 is 11.9 Å². The Morgan fingerprint density at radius 1 is 0.325 bits per heavy atom. The van der Waals surface area contributed by atoms with Crippen molar-refractivity contribution in [2.75, 3.05) is 13.2 Å². The summed E-state index contributed by atoms with van der Waals surface area (Å²) in [5, 5.41) is 23.3. The maximum Gasteiger partial charge on any atom is 0.305 e. The molecule has 0 aliphatic carbocycles. The van der Waals surface area contributed by atoms with Crippen LogP contribution in [0.4, 0.5) is 0 Å². The highest BCUT2D eigenvalue weighted by atomic mass is 16.5. The molecule has 0 spiro atoms. The Balaban J connectivity index is 3.40. The lowest BCUT2D eigenvalue weighted by Crippen LogP contribution is -2.45. The van der Waals surface area contributed by atoms with Gasteiger partial charge in [0.2, 0.25) is 5.91 Å². The number of carbonyl (C=O) groups excluding carboxylic acids is 2. The number of rotatable bonds is 72. The molecule has 2 atom stereocenters. The van der Waals surface area contributed by atoms with Crippen LogP contribution in [0.3, 0.4) is 0 Å². The number of allylic oxidation sites excluding steroid dienone is 3. The molecule has 2 unspecified atom stereocenters. The van der Waals surface area contributed by atoms with Gasteiger partial charge in [0.05, 0.1) is 25.4 Å². The number of aliphatic hydroxyl groups is 2. The molecule has 83 heavy (non-hydrogen) atoms. The second-order valence-electron chi connectivity index (χ2n) is 26.3. The summed E-state index contributed by atoms with van der Waals surface area (Å²) in [7, 11) is 0. The molecule has 0 saturated carbocycles. The van der Waals surface area contributed by atoms with Crippen LogP contribution >= 0.6 is 0 Å². The van der Waals surface area contributed by atoms with Crippen LogP contribution in [-0.2, 0) is 14.3 Å². The zero-order chi connectivity index (χ0) is 59.9. The van der Waals surface area contributed by atoms with Crippen molar-refractivity contribution in [3.63, 3.8) is 0 Å². The van der Waals surface area contributed by atoms with Crippen LogP contribution in [0.2, 0.25) is 0 Å². The molecule has 0 saturated heterocycles. The number of hydrogen-bond donors (Lipinski definition) is 3. The summed E-state index contributed by atoms with van der Waals surface area (Å²) in [6.45, 7) is 4.96. The molecule has 0 aromatic rings. The van der Waals surface area contributed by atoms with Gasteiger partial charge in [-0.15, -0.1) is 0 Å². The molecule has 0 aromatic carbocycles. The van der Waals surface area contributed by atoms with Crippen LogP contribution in [0.15, 0.2) is 24.3 Å². The van der Waals surface area contributed by atoms with Crippen molar-refractivity contribution in [2.45, 2.75) is 443 Å². The summed E-state index contributed by atoms with van der Waals surface area (Å²) >= 11 is 0. The number of ether oxygens (including phenoxy) is 1. The Hall–Kier alpha value is -1.66. The lowest BCUT2D eigenvalue weighted by molar-refractivity contribution is -0.143. The van der Waals surface area contributed by atoms with Gasteiger partial charge in [0, 0.05) is 12.8 Å². The minimum absolute atomic E-state index is 0.0189. The zero-order valence-electron chi connectivity index (χ0n) is 56.5. The number of aliphatic hydroxyl groups excluding tert-OH is 2. The molecule has 0 aliphatic rings. The molecule has 0 heterocycles. The van der Waals surface area contributed by atoms with Gasteiger partial charge >= 0.3 is 5.97 Å². The van der Waals surface area contributed by atoms with Crippen LogP contribution in [0.25, 0.3) is 0 Å². The molecule has 0 aromatic heterocycles. The van der Waals surface area contributed by atoms with E-state index in [4.69, 9.17) is 4.74 Å². The van der Waals surface area contributed by atoms with Gasteiger partial charge in [0.25, 0.3) is 0 Å². The van der Waals surface area contributed by atoms with Crippen molar-refractivity contribution in [1.82, 2.24) is 5.32 Å². The fourth-order valence-electron chi connectivity index (χ4n) is 12.2. The first-order valence-corrected chi connectivity index (χ1v) is 38.1. The Labute approximate surface area is 520 Å². The van der Waals surface area contributed by atoms with E-state index in [2.05, 4.69) is 31.3 Å². The van der Waals surface area contributed by atoms with Gasteiger partial charge in [-0.3, -0.25) is 9.59 Å².